The van der Waals surface area contributed by atoms with E-state index in [9.17, 15) is 0 Å². The quantitative estimate of drug-likeness (QED) is 0.756. The highest BCUT2D eigenvalue weighted by molar-refractivity contribution is 7.16. The molecular weight excluding hydrogens is 246 g/mol. The van der Waals surface area contributed by atoms with Crippen LogP contribution in [0.25, 0.3) is 10.2 Å². The molecular formula is C12H13N5S. The summed E-state index contributed by atoms with van der Waals surface area (Å²) in [6.45, 7) is 2.12. The maximum Gasteiger partial charge on any atom is 0.138 e. The van der Waals surface area contributed by atoms with Crippen molar-refractivity contribution in [3.05, 3.63) is 36.0 Å². The van der Waals surface area contributed by atoms with Crippen LogP contribution in [0, 0.1) is 0 Å². The Morgan fingerprint density at radius 2 is 2.33 bits per heavy atom. The highest BCUT2D eigenvalue weighted by Gasteiger charge is 2.14. The Balaban J connectivity index is 1.93. The van der Waals surface area contributed by atoms with Crippen LogP contribution in [0.1, 0.15) is 25.2 Å². The molecule has 1 unspecified atom stereocenters. The zero-order valence-corrected chi connectivity index (χ0v) is 10.7. The predicted molar refractivity (Wildman–Crippen MR) is 72.7 cm³/mol. The molecule has 3 rings (SSSR count). The van der Waals surface area contributed by atoms with Crippen molar-refractivity contribution in [3.8, 4) is 0 Å². The number of imidazole rings is 1. The Hall–Kier alpha value is -1.95. The molecule has 0 amide bonds. The second kappa shape index (κ2) is 4.73. The summed E-state index contributed by atoms with van der Waals surface area (Å²) in [5, 5.41) is 6.51. The van der Waals surface area contributed by atoms with Crippen molar-refractivity contribution in [3.63, 3.8) is 0 Å². The Labute approximate surface area is 108 Å². The fourth-order valence-corrected chi connectivity index (χ4v) is 2.63. The van der Waals surface area contributed by atoms with Crippen LogP contribution in [-0.2, 0) is 0 Å². The van der Waals surface area contributed by atoms with Crippen molar-refractivity contribution in [1.29, 1.82) is 0 Å². The van der Waals surface area contributed by atoms with Gasteiger partial charge in [0.2, 0.25) is 0 Å². The van der Waals surface area contributed by atoms with E-state index in [2.05, 4.69) is 32.2 Å². The fraction of sp³-hybridized carbons (Fsp3) is 0.250. The molecule has 1 atom stereocenters. The van der Waals surface area contributed by atoms with Crippen LogP contribution in [0.3, 0.4) is 0 Å². The van der Waals surface area contributed by atoms with E-state index in [-0.39, 0.29) is 6.04 Å². The zero-order valence-electron chi connectivity index (χ0n) is 9.92. The van der Waals surface area contributed by atoms with Gasteiger partial charge in [0.1, 0.15) is 22.8 Å². The van der Waals surface area contributed by atoms with Crippen LogP contribution in [0.15, 0.2) is 30.2 Å². The van der Waals surface area contributed by atoms with E-state index in [1.165, 1.54) is 0 Å². The van der Waals surface area contributed by atoms with Gasteiger partial charge in [-0.15, -0.1) is 11.3 Å². The van der Waals surface area contributed by atoms with E-state index >= 15 is 0 Å². The van der Waals surface area contributed by atoms with E-state index in [1.807, 2.05) is 17.6 Å². The van der Waals surface area contributed by atoms with Gasteiger partial charge in [-0.25, -0.2) is 15.0 Å². The van der Waals surface area contributed by atoms with E-state index < -0.39 is 0 Å². The molecule has 0 saturated heterocycles. The van der Waals surface area contributed by atoms with Gasteiger partial charge in [0.25, 0.3) is 0 Å². The van der Waals surface area contributed by atoms with Crippen LogP contribution < -0.4 is 5.32 Å². The molecule has 0 fully saturated rings. The summed E-state index contributed by atoms with van der Waals surface area (Å²) in [4.78, 5) is 17.0. The highest BCUT2D eigenvalue weighted by Crippen LogP contribution is 2.27. The van der Waals surface area contributed by atoms with Crippen molar-refractivity contribution in [1.82, 2.24) is 19.9 Å². The molecule has 0 aliphatic rings. The second-order valence-corrected chi connectivity index (χ2v) is 4.84. The van der Waals surface area contributed by atoms with E-state index in [1.54, 1.807) is 23.9 Å². The van der Waals surface area contributed by atoms with Crippen LogP contribution in [0.5, 0.6) is 0 Å². The SMILES string of the molecule is CCC(Nc1ncnc2sccc12)c1ncc[nH]1. The van der Waals surface area contributed by atoms with E-state index in [0.717, 1.165) is 28.3 Å². The second-order valence-electron chi connectivity index (χ2n) is 3.94. The third-order valence-electron chi connectivity index (χ3n) is 2.83. The first-order chi connectivity index (χ1) is 8.88. The standard InChI is InChI=1S/C12H13N5S/c1-2-9(11-13-4-5-14-11)17-10-8-3-6-18-12(8)16-7-15-10/h3-7,9H,2H2,1H3,(H,13,14)(H,15,16,17). The Kier molecular flexibility index (Phi) is 2.93. The molecule has 18 heavy (non-hydrogen) atoms. The number of hydrogen-bond acceptors (Lipinski definition) is 5. The molecule has 0 aromatic carbocycles. The van der Waals surface area contributed by atoms with E-state index in [4.69, 9.17) is 0 Å². The number of rotatable bonds is 4. The number of fused-ring (bicyclic) bond motifs is 1. The largest absolute Gasteiger partial charge is 0.359 e. The van der Waals surface area contributed by atoms with Crippen molar-refractivity contribution < 1.29 is 0 Å². The number of hydrogen-bond donors (Lipinski definition) is 2. The lowest BCUT2D eigenvalue weighted by molar-refractivity contribution is 0.701. The number of thiophene rings is 1. The first-order valence-corrected chi connectivity index (χ1v) is 6.70. The molecule has 3 aromatic rings. The molecule has 0 aliphatic carbocycles. The monoisotopic (exact) mass is 259 g/mol. The van der Waals surface area contributed by atoms with Crippen LogP contribution in [0.4, 0.5) is 5.82 Å². The summed E-state index contributed by atoms with van der Waals surface area (Å²) in [6.07, 6.45) is 6.12. The highest BCUT2D eigenvalue weighted by atomic mass is 32.1. The number of aromatic amines is 1. The fourth-order valence-electron chi connectivity index (χ4n) is 1.90. The summed E-state index contributed by atoms with van der Waals surface area (Å²) in [6, 6.07) is 2.18. The maximum atomic E-state index is 4.32. The molecule has 6 heteroatoms. The van der Waals surface area contributed by atoms with Crippen molar-refractivity contribution >= 4 is 27.4 Å². The number of nitrogens with zero attached hydrogens (tertiary/aromatic N) is 3. The van der Waals surface area contributed by atoms with Gasteiger partial charge in [-0.05, 0) is 17.9 Å². The lowest BCUT2D eigenvalue weighted by Gasteiger charge is -2.15. The summed E-state index contributed by atoms with van der Waals surface area (Å²) in [5.41, 5.74) is 0. The predicted octanol–water partition coefficient (Wildman–Crippen LogP) is 2.98. The lowest BCUT2D eigenvalue weighted by atomic mass is 10.2. The van der Waals surface area contributed by atoms with Gasteiger partial charge >= 0.3 is 0 Å². The van der Waals surface area contributed by atoms with Crippen LogP contribution in [-0.4, -0.2) is 19.9 Å². The molecule has 0 radical (unpaired) electrons. The molecule has 0 saturated carbocycles. The van der Waals surface area contributed by atoms with Gasteiger partial charge in [-0.3, -0.25) is 0 Å². The van der Waals surface area contributed by atoms with Crippen molar-refractivity contribution in [2.24, 2.45) is 0 Å². The minimum atomic E-state index is 0.137. The van der Waals surface area contributed by atoms with E-state index in [0.29, 0.717) is 0 Å². The maximum absolute atomic E-state index is 4.32. The Morgan fingerprint density at radius 3 is 3.11 bits per heavy atom. The van der Waals surface area contributed by atoms with Crippen molar-refractivity contribution in [2.75, 3.05) is 5.32 Å². The van der Waals surface area contributed by atoms with Gasteiger partial charge in [-0.1, -0.05) is 6.92 Å². The molecule has 92 valence electrons. The Morgan fingerprint density at radius 1 is 1.39 bits per heavy atom. The minimum Gasteiger partial charge on any atom is -0.359 e. The molecule has 3 aromatic heterocycles. The number of H-pyrrole nitrogens is 1. The molecule has 5 nitrogen and oxygen atoms in total. The van der Waals surface area contributed by atoms with Crippen molar-refractivity contribution in [2.45, 2.75) is 19.4 Å². The summed E-state index contributed by atoms with van der Waals surface area (Å²) in [5.74, 6) is 1.80. The summed E-state index contributed by atoms with van der Waals surface area (Å²) < 4.78 is 0. The normalized spacial score (nSPS) is 12.7. The third-order valence-corrected chi connectivity index (χ3v) is 3.65. The molecule has 2 N–H and O–H groups in total. The third kappa shape index (κ3) is 1.95. The first kappa shape index (κ1) is 11.2. The topological polar surface area (TPSA) is 66.5 Å². The Bertz CT molecular complexity index is 631. The zero-order chi connectivity index (χ0) is 12.4. The average Bonchev–Trinajstić information content (AvgIpc) is 3.06. The van der Waals surface area contributed by atoms with Gasteiger partial charge in [0.15, 0.2) is 0 Å². The van der Waals surface area contributed by atoms with Crippen LogP contribution >= 0.6 is 11.3 Å². The smallest absolute Gasteiger partial charge is 0.138 e. The van der Waals surface area contributed by atoms with Gasteiger partial charge in [-0.2, -0.15) is 0 Å². The number of aromatic nitrogens is 4. The number of anilines is 1. The molecule has 0 bridgehead atoms. The summed E-state index contributed by atoms with van der Waals surface area (Å²) in [7, 11) is 0. The summed E-state index contributed by atoms with van der Waals surface area (Å²) >= 11 is 1.62. The average molecular weight is 259 g/mol. The van der Waals surface area contributed by atoms with Gasteiger partial charge in [0, 0.05) is 12.4 Å². The molecule has 3 heterocycles. The molecule has 0 aliphatic heterocycles. The minimum absolute atomic E-state index is 0.137. The van der Waals surface area contributed by atoms with Crippen LogP contribution in [0.2, 0.25) is 0 Å². The van der Waals surface area contributed by atoms with Gasteiger partial charge in [0.05, 0.1) is 11.4 Å². The first-order valence-electron chi connectivity index (χ1n) is 5.82. The van der Waals surface area contributed by atoms with Gasteiger partial charge < -0.3 is 10.3 Å². The number of nitrogens with one attached hydrogen (secondary N) is 2. The molecule has 0 spiro atoms. The lowest BCUT2D eigenvalue weighted by Crippen LogP contribution is -2.12.